The van der Waals surface area contributed by atoms with Gasteiger partial charge in [0.25, 0.3) is 0 Å². The van der Waals surface area contributed by atoms with Crippen LogP contribution in [0.2, 0.25) is 0 Å². The lowest BCUT2D eigenvalue weighted by atomic mass is 10.2. The van der Waals surface area contributed by atoms with E-state index in [1.807, 2.05) is 12.1 Å². The summed E-state index contributed by atoms with van der Waals surface area (Å²) < 4.78 is 0. The molecule has 0 amide bonds. The van der Waals surface area contributed by atoms with E-state index in [2.05, 4.69) is 27.3 Å². The maximum atomic E-state index is 10.8. The van der Waals surface area contributed by atoms with Gasteiger partial charge in [-0.1, -0.05) is 0 Å². The average Bonchev–Trinajstić information content (AvgIpc) is 3.10. The fourth-order valence-corrected chi connectivity index (χ4v) is 2.99. The van der Waals surface area contributed by atoms with Gasteiger partial charge in [-0.05, 0) is 37.1 Å². The first kappa shape index (κ1) is 12.9. The number of thiazole rings is 1. The van der Waals surface area contributed by atoms with Gasteiger partial charge in [0, 0.05) is 29.8 Å². The van der Waals surface area contributed by atoms with Crippen LogP contribution >= 0.6 is 11.3 Å². The normalized spacial score (nSPS) is 14.5. The zero-order chi connectivity index (χ0) is 13.9. The number of nitrogens with one attached hydrogen (secondary N) is 1. The van der Waals surface area contributed by atoms with E-state index < -0.39 is 5.97 Å². The minimum Gasteiger partial charge on any atom is -0.476 e. The van der Waals surface area contributed by atoms with Crippen LogP contribution in [0.15, 0.2) is 29.6 Å². The number of rotatable bonds is 4. The molecule has 1 aromatic heterocycles. The molecule has 0 spiro atoms. The highest BCUT2D eigenvalue weighted by atomic mass is 32.1. The molecule has 0 atom stereocenters. The number of anilines is 3. The average molecular weight is 289 g/mol. The molecule has 2 heterocycles. The van der Waals surface area contributed by atoms with E-state index in [-0.39, 0.29) is 5.69 Å². The second-order valence-corrected chi connectivity index (χ2v) is 5.57. The quantitative estimate of drug-likeness (QED) is 0.905. The molecule has 0 bridgehead atoms. The van der Waals surface area contributed by atoms with Crippen molar-refractivity contribution in [3.05, 3.63) is 35.3 Å². The van der Waals surface area contributed by atoms with E-state index in [9.17, 15) is 4.79 Å². The number of aromatic nitrogens is 1. The van der Waals surface area contributed by atoms with Gasteiger partial charge in [0.05, 0.1) is 0 Å². The molecule has 0 aliphatic carbocycles. The lowest BCUT2D eigenvalue weighted by Gasteiger charge is -2.17. The summed E-state index contributed by atoms with van der Waals surface area (Å²) in [5.74, 6) is -1.00. The van der Waals surface area contributed by atoms with Crippen LogP contribution in [0.25, 0.3) is 0 Å². The first-order valence-electron chi connectivity index (χ1n) is 6.53. The summed E-state index contributed by atoms with van der Waals surface area (Å²) in [5.41, 5.74) is 2.23. The van der Waals surface area contributed by atoms with E-state index in [1.165, 1.54) is 35.2 Å². The van der Waals surface area contributed by atoms with Crippen molar-refractivity contribution < 1.29 is 9.90 Å². The Hall–Kier alpha value is -2.08. The summed E-state index contributed by atoms with van der Waals surface area (Å²) in [6.07, 6.45) is 2.52. The van der Waals surface area contributed by atoms with Gasteiger partial charge in [-0.25, -0.2) is 9.78 Å². The second kappa shape index (κ2) is 5.50. The maximum absolute atomic E-state index is 10.8. The Kier molecular flexibility index (Phi) is 3.56. The number of nitrogens with zero attached hydrogens (tertiary/aromatic N) is 2. The highest BCUT2D eigenvalue weighted by molar-refractivity contribution is 7.14. The topological polar surface area (TPSA) is 65.5 Å². The van der Waals surface area contributed by atoms with E-state index in [4.69, 9.17) is 5.11 Å². The number of hydrogen-bond acceptors (Lipinski definition) is 5. The fraction of sp³-hybridized carbons (Fsp3) is 0.286. The van der Waals surface area contributed by atoms with E-state index in [0.717, 1.165) is 18.8 Å². The van der Waals surface area contributed by atoms with Crippen molar-refractivity contribution in [1.82, 2.24) is 4.98 Å². The van der Waals surface area contributed by atoms with Crippen molar-refractivity contribution in [2.24, 2.45) is 0 Å². The summed E-state index contributed by atoms with van der Waals surface area (Å²) in [5, 5.41) is 14.1. The molecule has 0 unspecified atom stereocenters. The van der Waals surface area contributed by atoms with Crippen molar-refractivity contribution in [1.29, 1.82) is 0 Å². The van der Waals surface area contributed by atoms with Gasteiger partial charge in [-0.15, -0.1) is 11.3 Å². The Morgan fingerprint density at radius 2 is 1.95 bits per heavy atom. The molecule has 1 saturated heterocycles. The number of carboxylic acids is 1. The third kappa shape index (κ3) is 2.75. The number of carboxylic acid groups (broad SMARTS) is 1. The zero-order valence-electron chi connectivity index (χ0n) is 10.9. The van der Waals surface area contributed by atoms with E-state index >= 15 is 0 Å². The van der Waals surface area contributed by atoms with Gasteiger partial charge in [-0.3, -0.25) is 0 Å². The molecule has 20 heavy (non-hydrogen) atoms. The number of benzene rings is 1. The lowest BCUT2D eigenvalue weighted by molar-refractivity contribution is 0.0691. The predicted molar refractivity (Wildman–Crippen MR) is 80.2 cm³/mol. The molecule has 1 aliphatic rings. The van der Waals surface area contributed by atoms with Crippen molar-refractivity contribution in [2.45, 2.75) is 12.8 Å². The maximum Gasteiger partial charge on any atom is 0.355 e. The predicted octanol–water partition coefficient (Wildman–Crippen LogP) is 3.19. The Morgan fingerprint density at radius 3 is 2.55 bits per heavy atom. The fourth-order valence-electron chi connectivity index (χ4n) is 2.28. The third-order valence-electron chi connectivity index (χ3n) is 3.31. The largest absolute Gasteiger partial charge is 0.476 e. The summed E-state index contributed by atoms with van der Waals surface area (Å²) in [6.45, 7) is 2.25. The molecule has 104 valence electrons. The smallest absolute Gasteiger partial charge is 0.355 e. The highest BCUT2D eigenvalue weighted by Crippen LogP contribution is 2.25. The first-order chi connectivity index (χ1) is 9.72. The molecule has 0 radical (unpaired) electrons. The molecule has 1 aliphatic heterocycles. The van der Waals surface area contributed by atoms with Gasteiger partial charge in [0.1, 0.15) is 0 Å². The van der Waals surface area contributed by atoms with Crippen LogP contribution in [0.1, 0.15) is 23.3 Å². The minimum atomic E-state index is -1.00. The Balaban J connectivity index is 1.69. The van der Waals surface area contributed by atoms with Crippen molar-refractivity contribution in [3.63, 3.8) is 0 Å². The van der Waals surface area contributed by atoms with Gasteiger partial charge in [-0.2, -0.15) is 0 Å². The van der Waals surface area contributed by atoms with Gasteiger partial charge < -0.3 is 15.3 Å². The number of aromatic carboxylic acids is 1. The van der Waals surface area contributed by atoms with Gasteiger partial charge in [0.2, 0.25) is 0 Å². The molecule has 1 fully saturated rings. The van der Waals surface area contributed by atoms with Crippen LogP contribution in [-0.4, -0.2) is 29.1 Å². The summed E-state index contributed by atoms with van der Waals surface area (Å²) in [4.78, 5) is 17.1. The molecule has 2 aromatic rings. The number of carbonyl (C=O) groups is 1. The van der Waals surface area contributed by atoms with Crippen molar-refractivity contribution in [2.75, 3.05) is 23.3 Å². The highest BCUT2D eigenvalue weighted by Gasteiger charge is 2.12. The summed E-state index contributed by atoms with van der Waals surface area (Å²) in [6, 6.07) is 8.16. The second-order valence-electron chi connectivity index (χ2n) is 4.71. The molecule has 2 N–H and O–H groups in total. The molecule has 1 aromatic carbocycles. The lowest BCUT2D eigenvalue weighted by Crippen LogP contribution is -2.17. The molecule has 6 heteroatoms. The van der Waals surface area contributed by atoms with Gasteiger partial charge >= 0.3 is 5.97 Å². The molecule has 0 saturated carbocycles. The molecular weight excluding hydrogens is 274 g/mol. The van der Waals surface area contributed by atoms with E-state index in [1.54, 1.807) is 0 Å². The van der Waals surface area contributed by atoms with Crippen LogP contribution < -0.4 is 10.2 Å². The van der Waals surface area contributed by atoms with Crippen LogP contribution in [0, 0.1) is 0 Å². The summed E-state index contributed by atoms with van der Waals surface area (Å²) in [7, 11) is 0. The Labute approximate surface area is 120 Å². The SMILES string of the molecule is O=C(O)c1csc(Nc2ccc(N3CCCC3)cc2)n1. The first-order valence-corrected chi connectivity index (χ1v) is 7.41. The molecule has 3 rings (SSSR count). The summed E-state index contributed by atoms with van der Waals surface area (Å²) >= 11 is 1.29. The standard InChI is InChI=1S/C14H15N3O2S/c18-13(19)12-9-20-14(16-12)15-10-3-5-11(6-4-10)17-7-1-2-8-17/h3-6,9H,1-2,7-8H2,(H,15,16)(H,18,19). The van der Waals surface area contributed by atoms with Crippen molar-refractivity contribution in [3.8, 4) is 0 Å². The molecular formula is C14H15N3O2S. The Bertz CT molecular complexity index is 603. The third-order valence-corrected chi connectivity index (χ3v) is 4.07. The van der Waals surface area contributed by atoms with Crippen LogP contribution in [0.3, 0.4) is 0 Å². The van der Waals surface area contributed by atoms with Crippen LogP contribution in [0.5, 0.6) is 0 Å². The number of hydrogen-bond donors (Lipinski definition) is 2. The van der Waals surface area contributed by atoms with E-state index in [0.29, 0.717) is 5.13 Å². The minimum absolute atomic E-state index is 0.0752. The molecule has 5 nitrogen and oxygen atoms in total. The monoisotopic (exact) mass is 289 g/mol. The Morgan fingerprint density at radius 1 is 1.25 bits per heavy atom. The van der Waals surface area contributed by atoms with Crippen LogP contribution in [-0.2, 0) is 0 Å². The van der Waals surface area contributed by atoms with Crippen LogP contribution in [0.4, 0.5) is 16.5 Å². The van der Waals surface area contributed by atoms with Crippen molar-refractivity contribution >= 4 is 33.8 Å². The zero-order valence-corrected chi connectivity index (χ0v) is 11.7. The van der Waals surface area contributed by atoms with Gasteiger partial charge in [0.15, 0.2) is 10.8 Å².